The molecule has 1 aliphatic rings. The minimum atomic E-state index is -0.407. The SMILES string of the molecule is COc1cccc(CN(C)C(=O)C[C@H]2Sc3ccccc3NC2=O)c1. The standard InChI is InChI=1S/C19H20N2O3S/c1-21(12-13-6-5-7-14(10-13)24-2)18(22)11-17-19(23)20-15-8-3-4-9-16(15)25-17/h3-10,17H,11-12H2,1-2H3,(H,20,23)/t17-/m1/s1. The fraction of sp³-hybridized carbons (Fsp3) is 0.263. The second kappa shape index (κ2) is 7.61. The Labute approximate surface area is 151 Å². The van der Waals surface area contributed by atoms with Crippen LogP contribution in [0.2, 0.25) is 0 Å². The number of amides is 2. The molecule has 0 unspecified atom stereocenters. The molecule has 3 rings (SSSR count). The molecule has 2 aromatic carbocycles. The summed E-state index contributed by atoms with van der Waals surface area (Å²) in [5, 5.41) is 2.46. The zero-order valence-corrected chi connectivity index (χ0v) is 15.0. The van der Waals surface area contributed by atoms with Gasteiger partial charge in [0.1, 0.15) is 5.75 Å². The first kappa shape index (κ1) is 17.4. The Bertz CT molecular complexity index is 794. The van der Waals surface area contributed by atoms with E-state index in [0.29, 0.717) is 6.54 Å². The van der Waals surface area contributed by atoms with Crippen molar-refractivity contribution in [3.8, 4) is 5.75 Å². The third-order valence-corrected chi connectivity index (χ3v) is 5.32. The van der Waals surface area contributed by atoms with Crippen LogP contribution in [0.4, 0.5) is 5.69 Å². The third kappa shape index (κ3) is 4.14. The number of nitrogens with one attached hydrogen (secondary N) is 1. The van der Waals surface area contributed by atoms with E-state index in [0.717, 1.165) is 21.9 Å². The summed E-state index contributed by atoms with van der Waals surface area (Å²) < 4.78 is 5.21. The van der Waals surface area contributed by atoms with Gasteiger partial charge in [-0.15, -0.1) is 11.8 Å². The van der Waals surface area contributed by atoms with Gasteiger partial charge < -0.3 is 15.0 Å². The molecule has 0 spiro atoms. The van der Waals surface area contributed by atoms with Gasteiger partial charge in [-0.2, -0.15) is 0 Å². The molecule has 0 aliphatic carbocycles. The number of anilines is 1. The zero-order valence-electron chi connectivity index (χ0n) is 14.2. The monoisotopic (exact) mass is 356 g/mol. The maximum atomic E-state index is 12.5. The van der Waals surface area contributed by atoms with Gasteiger partial charge in [0.25, 0.3) is 0 Å². The first-order valence-electron chi connectivity index (χ1n) is 8.00. The molecule has 2 aromatic rings. The average Bonchev–Trinajstić information content (AvgIpc) is 2.62. The highest BCUT2D eigenvalue weighted by Gasteiger charge is 2.29. The molecule has 1 atom stereocenters. The van der Waals surface area contributed by atoms with Crippen LogP contribution in [0.15, 0.2) is 53.4 Å². The molecule has 0 fully saturated rings. The lowest BCUT2D eigenvalue weighted by molar-refractivity contribution is -0.131. The summed E-state index contributed by atoms with van der Waals surface area (Å²) in [6.07, 6.45) is 0.172. The molecule has 0 radical (unpaired) electrons. The van der Waals surface area contributed by atoms with Crippen LogP contribution < -0.4 is 10.1 Å². The van der Waals surface area contributed by atoms with Gasteiger partial charge in [0, 0.05) is 24.9 Å². The van der Waals surface area contributed by atoms with E-state index in [4.69, 9.17) is 4.74 Å². The van der Waals surface area contributed by atoms with Gasteiger partial charge in [-0.25, -0.2) is 0 Å². The van der Waals surface area contributed by atoms with Crippen LogP contribution in [-0.4, -0.2) is 36.1 Å². The van der Waals surface area contributed by atoms with Crippen molar-refractivity contribution in [2.45, 2.75) is 23.1 Å². The molecule has 0 aromatic heterocycles. The van der Waals surface area contributed by atoms with Gasteiger partial charge in [-0.1, -0.05) is 24.3 Å². The maximum absolute atomic E-state index is 12.5. The van der Waals surface area contributed by atoms with E-state index in [-0.39, 0.29) is 18.2 Å². The van der Waals surface area contributed by atoms with Crippen molar-refractivity contribution in [2.75, 3.05) is 19.5 Å². The van der Waals surface area contributed by atoms with Crippen LogP contribution in [0, 0.1) is 0 Å². The number of para-hydroxylation sites is 1. The molecule has 0 saturated heterocycles. The highest BCUT2D eigenvalue weighted by atomic mass is 32.2. The quantitative estimate of drug-likeness (QED) is 0.894. The second-order valence-electron chi connectivity index (χ2n) is 5.90. The fourth-order valence-electron chi connectivity index (χ4n) is 2.67. The molecule has 1 aliphatic heterocycles. The minimum Gasteiger partial charge on any atom is -0.497 e. The number of benzene rings is 2. The molecule has 1 heterocycles. The van der Waals surface area contributed by atoms with Crippen molar-refractivity contribution in [3.63, 3.8) is 0 Å². The normalized spacial score (nSPS) is 15.9. The van der Waals surface area contributed by atoms with Crippen LogP contribution in [0.25, 0.3) is 0 Å². The number of rotatable bonds is 5. The van der Waals surface area contributed by atoms with Crippen LogP contribution in [0.5, 0.6) is 5.75 Å². The average molecular weight is 356 g/mol. The summed E-state index contributed by atoms with van der Waals surface area (Å²) in [5.74, 6) is 0.582. The van der Waals surface area contributed by atoms with Crippen LogP contribution in [0.1, 0.15) is 12.0 Å². The van der Waals surface area contributed by atoms with Gasteiger partial charge in [-0.3, -0.25) is 9.59 Å². The second-order valence-corrected chi connectivity index (χ2v) is 7.14. The van der Waals surface area contributed by atoms with Crippen LogP contribution in [0.3, 0.4) is 0 Å². The van der Waals surface area contributed by atoms with E-state index in [1.165, 1.54) is 11.8 Å². The molecule has 5 nitrogen and oxygen atoms in total. The summed E-state index contributed by atoms with van der Waals surface area (Å²) in [4.78, 5) is 27.4. The van der Waals surface area contributed by atoms with Crippen molar-refractivity contribution in [3.05, 3.63) is 54.1 Å². The molecule has 25 heavy (non-hydrogen) atoms. The lowest BCUT2D eigenvalue weighted by Crippen LogP contribution is -2.35. The number of ether oxygens (including phenoxy) is 1. The number of nitrogens with zero attached hydrogens (tertiary/aromatic N) is 1. The molecule has 2 amide bonds. The van der Waals surface area contributed by atoms with Gasteiger partial charge in [0.15, 0.2) is 0 Å². The Balaban J connectivity index is 1.62. The molecule has 6 heteroatoms. The number of carbonyl (C=O) groups excluding carboxylic acids is 2. The molecular weight excluding hydrogens is 336 g/mol. The van der Waals surface area contributed by atoms with Gasteiger partial charge in [0.05, 0.1) is 18.0 Å². The van der Waals surface area contributed by atoms with Crippen molar-refractivity contribution < 1.29 is 14.3 Å². The first-order chi connectivity index (χ1) is 12.1. The van der Waals surface area contributed by atoms with E-state index in [9.17, 15) is 9.59 Å². The maximum Gasteiger partial charge on any atom is 0.238 e. The highest BCUT2D eigenvalue weighted by Crippen LogP contribution is 2.36. The highest BCUT2D eigenvalue weighted by molar-refractivity contribution is 8.01. The van der Waals surface area contributed by atoms with E-state index >= 15 is 0 Å². The Morgan fingerprint density at radius 2 is 2.04 bits per heavy atom. The van der Waals surface area contributed by atoms with E-state index in [2.05, 4.69) is 5.32 Å². The molecule has 0 bridgehead atoms. The number of fused-ring (bicyclic) bond motifs is 1. The fourth-order valence-corrected chi connectivity index (χ4v) is 3.78. The van der Waals surface area contributed by atoms with Gasteiger partial charge >= 0.3 is 0 Å². The lowest BCUT2D eigenvalue weighted by Gasteiger charge is -2.25. The number of thioether (sulfide) groups is 1. The van der Waals surface area contributed by atoms with E-state index < -0.39 is 5.25 Å². The third-order valence-electron chi connectivity index (χ3n) is 4.05. The predicted molar refractivity (Wildman–Crippen MR) is 98.8 cm³/mol. The molecular formula is C19H20N2O3S. The summed E-state index contributed by atoms with van der Waals surface area (Å²) in [5.41, 5.74) is 1.80. The summed E-state index contributed by atoms with van der Waals surface area (Å²) in [6, 6.07) is 15.3. The van der Waals surface area contributed by atoms with Crippen molar-refractivity contribution in [1.82, 2.24) is 4.90 Å². The first-order valence-corrected chi connectivity index (χ1v) is 8.88. The van der Waals surface area contributed by atoms with E-state index in [1.54, 1.807) is 19.1 Å². The topological polar surface area (TPSA) is 58.6 Å². The smallest absolute Gasteiger partial charge is 0.238 e. The number of methoxy groups -OCH3 is 1. The zero-order chi connectivity index (χ0) is 17.8. The van der Waals surface area contributed by atoms with Crippen molar-refractivity contribution >= 4 is 29.3 Å². The van der Waals surface area contributed by atoms with Crippen molar-refractivity contribution in [2.24, 2.45) is 0 Å². The summed E-state index contributed by atoms with van der Waals surface area (Å²) >= 11 is 1.44. The van der Waals surface area contributed by atoms with Crippen LogP contribution >= 0.6 is 11.8 Å². The van der Waals surface area contributed by atoms with Crippen LogP contribution in [-0.2, 0) is 16.1 Å². The molecule has 1 N–H and O–H groups in total. The van der Waals surface area contributed by atoms with Crippen molar-refractivity contribution in [1.29, 1.82) is 0 Å². The van der Waals surface area contributed by atoms with Gasteiger partial charge in [-0.05, 0) is 29.8 Å². The lowest BCUT2D eigenvalue weighted by atomic mass is 10.2. The Morgan fingerprint density at radius 1 is 1.24 bits per heavy atom. The predicted octanol–water partition coefficient (Wildman–Crippen LogP) is 3.16. The Kier molecular flexibility index (Phi) is 5.28. The minimum absolute atomic E-state index is 0.0603. The largest absolute Gasteiger partial charge is 0.497 e. The Morgan fingerprint density at radius 3 is 2.84 bits per heavy atom. The van der Waals surface area contributed by atoms with Gasteiger partial charge in [0.2, 0.25) is 11.8 Å². The summed E-state index contributed by atoms with van der Waals surface area (Å²) in [6.45, 7) is 0.478. The number of carbonyl (C=O) groups is 2. The number of hydrogen-bond acceptors (Lipinski definition) is 4. The summed E-state index contributed by atoms with van der Waals surface area (Å²) in [7, 11) is 3.37. The number of hydrogen-bond donors (Lipinski definition) is 1. The van der Waals surface area contributed by atoms with E-state index in [1.807, 2.05) is 48.5 Å². The molecule has 130 valence electrons. The molecule has 0 saturated carbocycles. The Hall–Kier alpha value is -2.47.